The van der Waals surface area contributed by atoms with E-state index in [9.17, 15) is 14.7 Å². The van der Waals surface area contributed by atoms with Crippen molar-refractivity contribution in [1.29, 1.82) is 0 Å². The van der Waals surface area contributed by atoms with Gasteiger partial charge in [0.15, 0.2) is 18.7 Å². The van der Waals surface area contributed by atoms with Crippen LogP contribution in [0.2, 0.25) is 0 Å². The van der Waals surface area contributed by atoms with E-state index in [2.05, 4.69) is 32.6 Å². The second kappa shape index (κ2) is 23.6. The van der Waals surface area contributed by atoms with Gasteiger partial charge >= 0.3 is 12.1 Å². The molecule has 2 fully saturated rings. The van der Waals surface area contributed by atoms with Crippen LogP contribution in [0.15, 0.2) is 36.0 Å². The first-order valence-electron chi connectivity index (χ1n) is 21.8. The van der Waals surface area contributed by atoms with E-state index in [0.29, 0.717) is 45.2 Å². The highest BCUT2D eigenvalue weighted by atomic mass is 16.7. The Bertz CT molecular complexity index is 1350. The van der Waals surface area contributed by atoms with Crippen LogP contribution in [0.1, 0.15) is 115 Å². The van der Waals surface area contributed by atoms with Crippen molar-refractivity contribution in [2.45, 2.75) is 182 Å². The maximum atomic E-state index is 13.8. The van der Waals surface area contributed by atoms with E-state index < -0.39 is 54.2 Å². The standard InChI is InChI=1S/C45H78N2O11/c1-14-37(51-13)33(8)42-38(54-42)29-44(11,57-34(9)52-15-2)22-17-18-31(6)41-32(7)19-20-39(55-43(50)47-26-24-46(25-27-47)30(4)5)45(12,58-35(10)53-16-3)23-21-36(48)28-40(49)56-41/h17-20,22,30,32-39,41-42,48H,14-16,21,23-29H2,1-13H3. The number of hydrogen-bond donors (Lipinski definition) is 1. The van der Waals surface area contributed by atoms with Gasteiger partial charge in [-0.25, -0.2) is 4.79 Å². The molecular weight excluding hydrogens is 744 g/mol. The summed E-state index contributed by atoms with van der Waals surface area (Å²) in [6.45, 7) is 27.5. The van der Waals surface area contributed by atoms with Gasteiger partial charge in [0.25, 0.3) is 0 Å². The zero-order valence-corrected chi connectivity index (χ0v) is 37.9. The lowest BCUT2D eigenvalue weighted by Gasteiger charge is -2.41. The number of aliphatic hydroxyl groups excluding tert-OH is 1. The van der Waals surface area contributed by atoms with E-state index in [-0.39, 0.29) is 43.0 Å². The monoisotopic (exact) mass is 823 g/mol. The van der Waals surface area contributed by atoms with Crippen molar-refractivity contribution in [2.24, 2.45) is 11.8 Å². The molecule has 58 heavy (non-hydrogen) atoms. The third kappa shape index (κ3) is 15.3. The molecule has 3 aliphatic rings. The van der Waals surface area contributed by atoms with Gasteiger partial charge in [-0.3, -0.25) is 9.69 Å². The first-order chi connectivity index (χ1) is 27.4. The molecule has 0 bridgehead atoms. The summed E-state index contributed by atoms with van der Waals surface area (Å²) in [7, 11) is 1.74. The van der Waals surface area contributed by atoms with Gasteiger partial charge in [0, 0.05) is 70.8 Å². The topological polar surface area (TPSA) is 138 Å². The number of cyclic esters (lactones) is 1. The number of rotatable bonds is 19. The average Bonchev–Trinajstić information content (AvgIpc) is 3.92. The zero-order chi connectivity index (χ0) is 43.2. The molecule has 0 saturated carbocycles. The van der Waals surface area contributed by atoms with Gasteiger partial charge in [0.2, 0.25) is 0 Å². The quantitative estimate of drug-likeness (QED) is 0.0464. The van der Waals surface area contributed by atoms with Crippen LogP contribution in [-0.2, 0) is 42.7 Å². The Morgan fingerprint density at radius 3 is 2.31 bits per heavy atom. The first-order valence-corrected chi connectivity index (χ1v) is 21.8. The second-order valence-corrected chi connectivity index (χ2v) is 17.0. The molecule has 1 amide bonds. The van der Waals surface area contributed by atoms with Gasteiger partial charge in [0.05, 0.1) is 36.4 Å². The SMILES string of the molecule is CCOC(C)OC(C)(C=CC=C(C)C1OC(=O)CC(O)CCC(C)(OC(C)OCC)C(OC(=O)N2CCN(C(C)C)CC2)C=CC1C)CC1OC1C(C)C(CC)OC. The molecule has 12 atom stereocenters. The average molecular weight is 823 g/mol. The van der Waals surface area contributed by atoms with Crippen LogP contribution < -0.4 is 0 Å². The molecule has 0 aromatic carbocycles. The van der Waals surface area contributed by atoms with Crippen molar-refractivity contribution in [3.8, 4) is 0 Å². The Morgan fingerprint density at radius 1 is 1.05 bits per heavy atom. The van der Waals surface area contributed by atoms with Crippen LogP contribution in [0, 0.1) is 11.8 Å². The van der Waals surface area contributed by atoms with Gasteiger partial charge in [0.1, 0.15) is 11.7 Å². The lowest BCUT2D eigenvalue weighted by atomic mass is 9.88. The number of carbonyl (C=O) groups is 2. The number of carbonyl (C=O) groups excluding carboxylic acids is 2. The van der Waals surface area contributed by atoms with Crippen molar-refractivity contribution in [1.82, 2.24) is 9.80 Å². The number of nitrogens with zero attached hydrogens (tertiary/aromatic N) is 2. The smallest absolute Gasteiger partial charge is 0.410 e. The summed E-state index contributed by atoms with van der Waals surface area (Å²) in [5.41, 5.74) is -1.02. The van der Waals surface area contributed by atoms with Gasteiger partial charge in [-0.15, -0.1) is 0 Å². The fourth-order valence-electron chi connectivity index (χ4n) is 8.27. The minimum Gasteiger partial charge on any atom is -0.457 e. The molecule has 0 radical (unpaired) electrons. The Hall–Kier alpha value is -2.36. The van der Waals surface area contributed by atoms with Crippen molar-refractivity contribution in [3.63, 3.8) is 0 Å². The number of hydrogen-bond acceptors (Lipinski definition) is 12. The predicted molar refractivity (Wildman–Crippen MR) is 224 cm³/mol. The van der Waals surface area contributed by atoms with E-state index in [1.807, 2.05) is 78.8 Å². The van der Waals surface area contributed by atoms with E-state index in [1.54, 1.807) is 18.9 Å². The molecule has 12 unspecified atom stereocenters. The normalized spacial score (nSPS) is 31.2. The van der Waals surface area contributed by atoms with Crippen molar-refractivity contribution >= 4 is 12.1 Å². The lowest BCUT2D eigenvalue weighted by molar-refractivity contribution is -0.222. The third-order valence-electron chi connectivity index (χ3n) is 11.8. The number of methoxy groups -OCH3 is 1. The fraction of sp³-hybridized carbons (Fsp3) is 0.822. The molecule has 1 N–H and O–H groups in total. The number of epoxide rings is 1. The number of piperazine rings is 1. The van der Waals surface area contributed by atoms with Crippen LogP contribution in [0.5, 0.6) is 0 Å². The van der Waals surface area contributed by atoms with Gasteiger partial charge in [-0.1, -0.05) is 45.1 Å². The molecule has 0 aliphatic carbocycles. The summed E-state index contributed by atoms with van der Waals surface area (Å²) in [6, 6.07) is 0.392. The molecule has 334 valence electrons. The molecular formula is C45H78N2O11. The van der Waals surface area contributed by atoms with E-state index in [4.69, 9.17) is 37.9 Å². The highest BCUT2D eigenvalue weighted by molar-refractivity contribution is 5.70. The maximum Gasteiger partial charge on any atom is 0.410 e. The molecule has 0 aromatic heterocycles. The summed E-state index contributed by atoms with van der Waals surface area (Å²) in [5, 5.41) is 11.1. The Labute approximate surface area is 349 Å². The van der Waals surface area contributed by atoms with Crippen LogP contribution in [0.4, 0.5) is 4.79 Å². The van der Waals surface area contributed by atoms with Crippen LogP contribution in [0.3, 0.4) is 0 Å². The lowest BCUT2D eigenvalue weighted by Crippen LogP contribution is -2.53. The van der Waals surface area contributed by atoms with E-state index in [0.717, 1.165) is 25.1 Å². The van der Waals surface area contributed by atoms with Crippen molar-refractivity contribution in [2.75, 3.05) is 46.5 Å². The Morgan fingerprint density at radius 2 is 1.71 bits per heavy atom. The molecule has 13 heteroatoms. The summed E-state index contributed by atoms with van der Waals surface area (Å²) in [6.07, 6.45) is 7.67. The molecule has 13 nitrogen and oxygen atoms in total. The number of aliphatic hydroxyl groups is 1. The Balaban J connectivity index is 1.92. The van der Waals surface area contributed by atoms with Gasteiger partial charge < -0.3 is 47.9 Å². The summed E-state index contributed by atoms with van der Waals surface area (Å²) in [5.74, 6) is -0.607. The molecule has 2 saturated heterocycles. The number of allylic oxidation sites excluding steroid dienone is 2. The predicted octanol–water partition coefficient (Wildman–Crippen LogP) is 7.20. The van der Waals surface area contributed by atoms with Gasteiger partial charge in [-0.05, 0) is 93.2 Å². The number of ether oxygens (including phenoxy) is 8. The molecule has 3 rings (SSSR count). The summed E-state index contributed by atoms with van der Waals surface area (Å²) < 4.78 is 48.8. The summed E-state index contributed by atoms with van der Waals surface area (Å²) in [4.78, 5) is 31.2. The van der Waals surface area contributed by atoms with Crippen molar-refractivity contribution < 1.29 is 52.6 Å². The fourth-order valence-corrected chi connectivity index (χ4v) is 8.27. The Kier molecular flexibility index (Phi) is 20.3. The van der Waals surface area contributed by atoms with E-state index >= 15 is 0 Å². The summed E-state index contributed by atoms with van der Waals surface area (Å²) >= 11 is 0. The van der Waals surface area contributed by atoms with Crippen molar-refractivity contribution in [3.05, 3.63) is 36.0 Å². The minimum absolute atomic E-state index is 0.00878. The zero-order valence-electron chi connectivity index (χ0n) is 37.9. The number of esters is 1. The highest BCUT2D eigenvalue weighted by Crippen LogP contribution is 2.40. The molecule has 3 aliphatic heterocycles. The third-order valence-corrected chi connectivity index (χ3v) is 11.8. The van der Waals surface area contributed by atoms with Crippen LogP contribution in [0.25, 0.3) is 0 Å². The van der Waals surface area contributed by atoms with Crippen LogP contribution >= 0.6 is 0 Å². The molecule has 3 heterocycles. The highest BCUT2D eigenvalue weighted by Gasteiger charge is 2.49. The van der Waals surface area contributed by atoms with E-state index in [1.165, 1.54) is 0 Å². The maximum absolute atomic E-state index is 13.8. The first kappa shape index (κ1) is 50.0. The molecule has 0 aromatic rings. The number of amides is 1. The van der Waals surface area contributed by atoms with Gasteiger partial charge in [-0.2, -0.15) is 0 Å². The second-order valence-electron chi connectivity index (χ2n) is 17.0. The van der Waals surface area contributed by atoms with Crippen LogP contribution in [-0.4, -0.2) is 140 Å². The largest absolute Gasteiger partial charge is 0.457 e. The minimum atomic E-state index is -1.08. The molecule has 0 spiro atoms.